The Morgan fingerprint density at radius 1 is 1.22 bits per heavy atom. The van der Waals surface area contributed by atoms with E-state index in [0.717, 1.165) is 26.1 Å². The molecule has 6 heteroatoms. The number of rotatable bonds is 7. The molecule has 1 atom stereocenters. The van der Waals surface area contributed by atoms with Crippen molar-refractivity contribution < 1.29 is 0 Å². The summed E-state index contributed by atoms with van der Waals surface area (Å²) >= 11 is 5.93. The number of nitrogens with zero attached hydrogens (tertiary/aromatic N) is 4. The average molecular weight is 272 g/mol. The fourth-order valence-corrected chi connectivity index (χ4v) is 1.73. The fourth-order valence-electron chi connectivity index (χ4n) is 1.58. The highest BCUT2D eigenvalue weighted by Gasteiger charge is 2.13. The van der Waals surface area contributed by atoms with E-state index in [1.54, 1.807) is 0 Å². The summed E-state index contributed by atoms with van der Waals surface area (Å²) < 4.78 is 0. The Balaban J connectivity index is 2.90. The lowest BCUT2D eigenvalue weighted by molar-refractivity contribution is 0.542. The maximum atomic E-state index is 5.93. The zero-order valence-electron chi connectivity index (χ0n) is 11.6. The van der Waals surface area contributed by atoms with Crippen LogP contribution in [0.25, 0.3) is 0 Å². The smallest absolute Gasteiger partial charge is 0.231 e. The first kappa shape index (κ1) is 15.0. The maximum Gasteiger partial charge on any atom is 0.231 e. The molecule has 1 aromatic rings. The predicted octanol–water partition coefficient (Wildman–Crippen LogP) is 2.83. The normalized spacial score (nSPS) is 12.3. The second-order valence-corrected chi connectivity index (χ2v) is 4.65. The van der Waals surface area contributed by atoms with Gasteiger partial charge < -0.3 is 10.2 Å². The molecule has 1 heterocycles. The Bertz CT molecular complexity index is 371. The first-order valence-electron chi connectivity index (χ1n) is 6.51. The monoisotopic (exact) mass is 271 g/mol. The van der Waals surface area contributed by atoms with Crippen molar-refractivity contribution in [3.8, 4) is 0 Å². The number of aromatic nitrogens is 3. The van der Waals surface area contributed by atoms with E-state index in [2.05, 4.69) is 45.9 Å². The summed E-state index contributed by atoms with van der Waals surface area (Å²) in [5.74, 6) is 1.78. The zero-order chi connectivity index (χ0) is 13.5. The van der Waals surface area contributed by atoms with Gasteiger partial charge in [0.25, 0.3) is 0 Å². The van der Waals surface area contributed by atoms with Crippen LogP contribution >= 0.6 is 11.6 Å². The SMILES string of the molecule is CCNc1nc(Cl)nc(N(CC)CC(C)CC)n1. The van der Waals surface area contributed by atoms with Crippen molar-refractivity contribution in [3.63, 3.8) is 0 Å². The molecule has 0 fully saturated rings. The molecule has 0 aliphatic rings. The topological polar surface area (TPSA) is 53.9 Å². The summed E-state index contributed by atoms with van der Waals surface area (Å²) in [6, 6.07) is 0. The maximum absolute atomic E-state index is 5.93. The van der Waals surface area contributed by atoms with Gasteiger partial charge in [0, 0.05) is 19.6 Å². The molecular formula is C12H22ClN5. The Labute approximate surface area is 114 Å². The first-order valence-corrected chi connectivity index (χ1v) is 6.88. The molecule has 5 nitrogen and oxygen atoms in total. The van der Waals surface area contributed by atoms with Crippen LogP contribution in [0.1, 0.15) is 34.1 Å². The van der Waals surface area contributed by atoms with Gasteiger partial charge in [-0.25, -0.2) is 0 Å². The molecule has 1 N–H and O–H groups in total. The summed E-state index contributed by atoms with van der Waals surface area (Å²) in [6.45, 7) is 11.0. The van der Waals surface area contributed by atoms with E-state index in [1.807, 2.05) is 6.92 Å². The summed E-state index contributed by atoms with van der Waals surface area (Å²) in [5.41, 5.74) is 0. The highest BCUT2D eigenvalue weighted by molar-refractivity contribution is 6.28. The van der Waals surface area contributed by atoms with Crippen LogP contribution in [0.3, 0.4) is 0 Å². The van der Waals surface area contributed by atoms with E-state index in [-0.39, 0.29) is 5.28 Å². The predicted molar refractivity (Wildman–Crippen MR) is 76.3 cm³/mol. The van der Waals surface area contributed by atoms with Crippen LogP contribution in [0, 0.1) is 5.92 Å². The van der Waals surface area contributed by atoms with E-state index >= 15 is 0 Å². The summed E-state index contributed by atoms with van der Waals surface area (Å²) in [5, 5.41) is 3.30. The van der Waals surface area contributed by atoms with Crippen LogP contribution in [-0.2, 0) is 0 Å². The summed E-state index contributed by atoms with van der Waals surface area (Å²) in [6.07, 6.45) is 1.13. The third kappa shape index (κ3) is 4.29. The minimum atomic E-state index is 0.235. The van der Waals surface area contributed by atoms with Crippen molar-refractivity contribution in [1.29, 1.82) is 0 Å². The molecule has 18 heavy (non-hydrogen) atoms. The van der Waals surface area contributed by atoms with E-state index < -0.39 is 0 Å². The van der Waals surface area contributed by atoms with Gasteiger partial charge in [-0.05, 0) is 31.4 Å². The number of hydrogen-bond acceptors (Lipinski definition) is 5. The van der Waals surface area contributed by atoms with Crippen LogP contribution < -0.4 is 10.2 Å². The summed E-state index contributed by atoms with van der Waals surface area (Å²) in [4.78, 5) is 14.8. The third-order valence-corrected chi connectivity index (χ3v) is 2.99. The molecular weight excluding hydrogens is 250 g/mol. The molecule has 0 bridgehead atoms. The molecule has 1 rings (SSSR count). The van der Waals surface area contributed by atoms with E-state index in [0.29, 0.717) is 17.8 Å². The van der Waals surface area contributed by atoms with Crippen LogP contribution in [0.15, 0.2) is 0 Å². The Kier molecular flexibility index (Phi) is 6.12. The van der Waals surface area contributed by atoms with Gasteiger partial charge in [-0.3, -0.25) is 0 Å². The van der Waals surface area contributed by atoms with Gasteiger partial charge in [-0.1, -0.05) is 20.3 Å². The van der Waals surface area contributed by atoms with Crippen LogP contribution in [0.2, 0.25) is 5.28 Å². The van der Waals surface area contributed by atoms with Gasteiger partial charge in [0.15, 0.2) is 0 Å². The van der Waals surface area contributed by atoms with Crippen molar-refractivity contribution in [2.24, 2.45) is 5.92 Å². The molecule has 0 saturated heterocycles. The Hall–Kier alpha value is -1.10. The molecule has 1 aromatic heterocycles. The lowest BCUT2D eigenvalue weighted by atomic mass is 10.1. The Morgan fingerprint density at radius 3 is 2.50 bits per heavy atom. The number of hydrogen-bond donors (Lipinski definition) is 1. The molecule has 0 aliphatic heterocycles. The molecule has 0 radical (unpaired) electrons. The largest absolute Gasteiger partial charge is 0.354 e. The van der Waals surface area contributed by atoms with Gasteiger partial charge in [-0.15, -0.1) is 0 Å². The van der Waals surface area contributed by atoms with E-state index in [4.69, 9.17) is 11.6 Å². The minimum Gasteiger partial charge on any atom is -0.354 e. The Morgan fingerprint density at radius 2 is 1.94 bits per heavy atom. The van der Waals surface area contributed by atoms with Crippen LogP contribution in [-0.4, -0.2) is 34.6 Å². The second kappa shape index (κ2) is 7.36. The quantitative estimate of drug-likeness (QED) is 0.826. The van der Waals surface area contributed by atoms with Crippen molar-refractivity contribution in [1.82, 2.24) is 15.0 Å². The van der Waals surface area contributed by atoms with Crippen LogP contribution in [0.4, 0.5) is 11.9 Å². The van der Waals surface area contributed by atoms with Gasteiger partial charge in [0.05, 0.1) is 0 Å². The standard InChI is InChI=1S/C12H22ClN5/c1-5-9(4)8-18(7-3)12-16-10(13)15-11(17-12)14-6-2/h9H,5-8H2,1-4H3,(H,14,15,16,17). The van der Waals surface area contributed by atoms with Crippen molar-refractivity contribution in [3.05, 3.63) is 5.28 Å². The lowest BCUT2D eigenvalue weighted by Crippen LogP contribution is -2.30. The molecule has 102 valence electrons. The minimum absolute atomic E-state index is 0.235. The van der Waals surface area contributed by atoms with Crippen molar-refractivity contribution in [2.75, 3.05) is 29.9 Å². The molecule has 0 aromatic carbocycles. The van der Waals surface area contributed by atoms with Gasteiger partial charge >= 0.3 is 0 Å². The number of halogens is 1. The van der Waals surface area contributed by atoms with Crippen molar-refractivity contribution in [2.45, 2.75) is 34.1 Å². The second-order valence-electron chi connectivity index (χ2n) is 4.31. The molecule has 0 aliphatic carbocycles. The third-order valence-electron chi connectivity index (χ3n) is 2.82. The number of nitrogens with one attached hydrogen (secondary N) is 1. The molecule has 0 amide bonds. The average Bonchev–Trinajstić information content (AvgIpc) is 2.35. The van der Waals surface area contributed by atoms with Gasteiger partial charge in [0.2, 0.25) is 17.2 Å². The number of anilines is 2. The fraction of sp³-hybridized carbons (Fsp3) is 0.750. The van der Waals surface area contributed by atoms with Crippen molar-refractivity contribution >= 4 is 23.5 Å². The molecule has 0 saturated carbocycles. The summed E-state index contributed by atoms with van der Waals surface area (Å²) in [7, 11) is 0. The highest BCUT2D eigenvalue weighted by Crippen LogP contribution is 2.15. The molecule has 1 unspecified atom stereocenters. The van der Waals surface area contributed by atoms with Crippen LogP contribution in [0.5, 0.6) is 0 Å². The molecule has 0 spiro atoms. The lowest BCUT2D eigenvalue weighted by Gasteiger charge is -2.24. The highest BCUT2D eigenvalue weighted by atomic mass is 35.5. The van der Waals surface area contributed by atoms with E-state index in [9.17, 15) is 0 Å². The first-order chi connectivity index (χ1) is 8.60. The van der Waals surface area contributed by atoms with E-state index in [1.165, 1.54) is 0 Å². The van der Waals surface area contributed by atoms with Gasteiger partial charge in [-0.2, -0.15) is 15.0 Å². The zero-order valence-corrected chi connectivity index (χ0v) is 12.3. The van der Waals surface area contributed by atoms with Gasteiger partial charge in [0.1, 0.15) is 0 Å².